The van der Waals surface area contributed by atoms with Crippen molar-refractivity contribution in [3.63, 3.8) is 0 Å². The second kappa shape index (κ2) is 4.68. The molecule has 1 heterocycles. The molecule has 1 aliphatic rings. The Labute approximate surface area is 127 Å². The minimum absolute atomic E-state index is 0.124. The fourth-order valence-electron chi connectivity index (χ4n) is 2.14. The largest absolute Gasteiger partial charge is 0.268 e. The average Bonchev–Trinajstić information content (AvgIpc) is 2.64. The monoisotopic (exact) mass is 353 g/mol. The van der Waals surface area contributed by atoms with Crippen LogP contribution in [0.5, 0.6) is 0 Å². The minimum atomic E-state index is -0.737. The highest BCUT2D eigenvalue weighted by Crippen LogP contribution is 2.37. The summed E-state index contributed by atoms with van der Waals surface area (Å²) >= 11 is 8.87. The molecule has 0 atom stereocenters. The highest BCUT2D eigenvalue weighted by atomic mass is 79.9. The van der Waals surface area contributed by atoms with Gasteiger partial charge in [0.25, 0.3) is 11.8 Å². The van der Waals surface area contributed by atoms with Crippen molar-refractivity contribution in [2.75, 3.05) is 4.90 Å². The number of amides is 2. The Hall–Kier alpha value is -1.72. The molecule has 0 unspecified atom stereocenters. The van der Waals surface area contributed by atoms with Gasteiger partial charge in [0.05, 0.1) is 11.1 Å². The SMILES string of the molecule is O=C1c2ccccc2C(=O)N1c1c(F)cc(Cl)cc1Br. The molecule has 0 bridgehead atoms. The van der Waals surface area contributed by atoms with Crippen molar-refractivity contribution < 1.29 is 14.0 Å². The van der Waals surface area contributed by atoms with E-state index in [1.807, 2.05) is 0 Å². The zero-order valence-electron chi connectivity index (χ0n) is 9.86. The molecule has 0 N–H and O–H groups in total. The first-order valence-corrected chi connectivity index (χ1v) is 6.80. The lowest BCUT2D eigenvalue weighted by molar-refractivity contribution is 0.0924. The maximum atomic E-state index is 14.1. The highest BCUT2D eigenvalue weighted by Gasteiger charge is 2.38. The van der Waals surface area contributed by atoms with Gasteiger partial charge in [0.15, 0.2) is 0 Å². The Morgan fingerprint density at radius 2 is 1.60 bits per heavy atom. The summed E-state index contributed by atoms with van der Waals surface area (Å²) < 4.78 is 14.3. The number of hydrogen-bond donors (Lipinski definition) is 0. The first kappa shape index (κ1) is 13.3. The lowest BCUT2D eigenvalue weighted by Gasteiger charge is -2.16. The zero-order chi connectivity index (χ0) is 14.4. The van der Waals surface area contributed by atoms with Crippen LogP contribution in [0.4, 0.5) is 10.1 Å². The quantitative estimate of drug-likeness (QED) is 0.725. The first-order chi connectivity index (χ1) is 9.50. The van der Waals surface area contributed by atoms with Crippen molar-refractivity contribution in [2.45, 2.75) is 0 Å². The molecule has 0 saturated carbocycles. The van der Waals surface area contributed by atoms with E-state index < -0.39 is 17.6 Å². The molecule has 0 aromatic heterocycles. The fraction of sp³-hybridized carbons (Fsp3) is 0. The van der Waals surface area contributed by atoms with E-state index in [1.54, 1.807) is 12.1 Å². The van der Waals surface area contributed by atoms with Crippen LogP contribution in [0.25, 0.3) is 0 Å². The Kier molecular flexibility index (Phi) is 3.11. The summed E-state index contributed by atoms with van der Waals surface area (Å²) in [6, 6.07) is 8.88. The molecule has 2 aromatic carbocycles. The molecule has 0 radical (unpaired) electrons. The maximum Gasteiger partial charge on any atom is 0.266 e. The van der Waals surface area contributed by atoms with Gasteiger partial charge >= 0.3 is 0 Å². The summed E-state index contributed by atoms with van der Waals surface area (Å²) in [5.41, 5.74) is 0.401. The molecule has 0 aliphatic carbocycles. The van der Waals surface area contributed by atoms with E-state index in [2.05, 4.69) is 15.9 Å². The van der Waals surface area contributed by atoms with Crippen molar-refractivity contribution in [1.82, 2.24) is 0 Å². The number of anilines is 1. The number of benzene rings is 2. The summed E-state index contributed by atoms with van der Waals surface area (Å²) in [4.78, 5) is 25.4. The third kappa shape index (κ3) is 1.85. The number of halogens is 3. The maximum absolute atomic E-state index is 14.1. The molecule has 20 heavy (non-hydrogen) atoms. The van der Waals surface area contributed by atoms with Crippen LogP contribution in [-0.4, -0.2) is 11.8 Å². The smallest absolute Gasteiger partial charge is 0.266 e. The van der Waals surface area contributed by atoms with Crippen LogP contribution in [-0.2, 0) is 0 Å². The van der Waals surface area contributed by atoms with Crippen molar-refractivity contribution in [1.29, 1.82) is 0 Å². The van der Waals surface area contributed by atoms with Crippen molar-refractivity contribution in [2.24, 2.45) is 0 Å². The molecule has 3 nitrogen and oxygen atoms in total. The standard InChI is InChI=1S/C14H6BrClFNO2/c15-10-5-7(16)6-11(17)12(10)18-13(19)8-3-1-2-4-9(8)14(18)20/h1-6H. The number of carbonyl (C=O) groups is 2. The van der Waals surface area contributed by atoms with E-state index in [0.29, 0.717) is 0 Å². The molecule has 0 spiro atoms. The van der Waals surface area contributed by atoms with Gasteiger partial charge in [-0.05, 0) is 40.2 Å². The van der Waals surface area contributed by atoms with Crippen molar-refractivity contribution >= 4 is 45.0 Å². The van der Waals surface area contributed by atoms with E-state index in [9.17, 15) is 14.0 Å². The molecule has 2 aromatic rings. The van der Waals surface area contributed by atoms with Gasteiger partial charge in [0.2, 0.25) is 0 Å². The number of imide groups is 1. The topological polar surface area (TPSA) is 37.4 Å². The van der Waals surface area contributed by atoms with Crippen molar-refractivity contribution in [3.8, 4) is 0 Å². The summed E-state index contributed by atoms with van der Waals surface area (Å²) in [6.07, 6.45) is 0. The van der Waals surface area contributed by atoms with Gasteiger partial charge in [-0.3, -0.25) is 9.59 Å². The van der Waals surface area contributed by atoms with Crippen LogP contribution in [0, 0.1) is 5.82 Å². The van der Waals surface area contributed by atoms with Crippen LogP contribution in [0.1, 0.15) is 20.7 Å². The van der Waals surface area contributed by atoms with Gasteiger partial charge < -0.3 is 0 Å². The van der Waals surface area contributed by atoms with Crippen LogP contribution < -0.4 is 4.90 Å². The second-order valence-electron chi connectivity index (χ2n) is 4.21. The number of hydrogen-bond acceptors (Lipinski definition) is 2. The van der Waals surface area contributed by atoms with Crippen LogP contribution in [0.2, 0.25) is 5.02 Å². The Balaban J connectivity index is 2.19. The van der Waals surface area contributed by atoms with Crippen LogP contribution in [0.3, 0.4) is 0 Å². The molecule has 0 saturated heterocycles. The lowest BCUT2D eigenvalue weighted by atomic mass is 10.1. The van der Waals surface area contributed by atoms with E-state index in [0.717, 1.165) is 11.0 Å². The number of carbonyl (C=O) groups excluding carboxylic acids is 2. The summed E-state index contributed by atoms with van der Waals surface area (Å²) in [5.74, 6) is -1.83. The fourth-order valence-corrected chi connectivity index (χ4v) is 3.09. The average molecular weight is 355 g/mol. The first-order valence-electron chi connectivity index (χ1n) is 5.63. The van der Waals surface area contributed by atoms with E-state index >= 15 is 0 Å². The molecule has 6 heteroatoms. The molecule has 3 rings (SSSR count). The summed E-state index contributed by atoms with van der Waals surface area (Å²) in [7, 11) is 0. The van der Waals surface area contributed by atoms with E-state index in [1.165, 1.54) is 18.2 Å². The number of nitrogens with zero attached hydrogens (tertiary/aromatic N) is 1. The predicted molar refractivity (Wildman–Crippen MR) is 76.7 cm³/mol. The van der Waals surface area contributed by atoms with Gasteiger partial charge in [-0.1, -0.05) is 23.7 Å². The molecular formula is C14H6BrClFNO2. The normalized spacial score (nSPS) is 13.8. The molecule has 100 valence electrons. The van der Waals surface area contributed by atoms with Crippen LogP contribution in [0.15, 0.2) is 40.9 Å². The Morgan fingerprint density at radius 3 is 2.10 bits per heavy atom. The van der Waals surface area contributed by atoms with Gasteiger partial charge in [-0.15, -0.1) is 0 Å². The number of fused-ring (bicyclic) bond motifs is 1. The zero-order valence-corrected chi connectivity index (χ0v) is 12.2. The molecular weight excluding hydrogens is 349 g/mol. The minimum Gasteiger partial charge on any atom is -0.268 e. The Bertz CT molecular complexity index is 705. The second-order valence-corrected chi connectivity index (χ2v) is 5.50. The van der Waals surface area contributed by atoms with Gasteiger partial charge in [0, 0.05) is 9.50 Å². The van der Waals surface area contributed by atoms with Gasteiger partial charge in [-0.2, -0.15) is 0 Å². The van der Waals surface area contributed by atoms with Gasteiger partial charge in [0.1, 0.15) is 11.5 Å². The van der Waals surface area contributed by atoms with Crippen LogP contribution >= 0.6 is 27.5 Å². The van der Waals surface area contributed by atoms with Crippen molar-refractivity contribution in [3.05, 3.63) is 62.8 Å². The van der Waals surface area contributed by atoms with Gasteiger partial charge in [-0.25, -0.2) is 9.29 Å². The Morgan fingerprint density at radius 1 is 1.05 bits per heavy atom. The molecule has 1 aliphatic heterocycles. The summed E-state index contributed by atoms with van der Waals surface area (Å²) in [6.45, 7) is 0. The number of rotatable bonds is 1. The summed E-state index contributed by atoms with van der Waals surface area (Å²) in [5, 5.41) is 0.176. The van der Waals surface area contributed by atoms with E-state index in [-0.39, 0.29) is 26.3 Å². The highest BCUT2D eigenvalue weighted by molar-refractivity contribution is 9.10. The predicted octanol–water partition coefficient (Wildman–Crippen LogP) is 4.04. The lowest BCUT2D eigenvalue weighted by Crippen LogP contribution is -2.30. The molecule has 0 fully saturated rings. The molecule has 2 amide bonds. The van der Waals surface area contributed by atoms with E-state index in [4.69, 9.17) is 11.6 Å². The third-order valence-electron chi connectivity index (χ3n) is 3.00. The third-order valence-corrected chi connectivity index (χ3v) is 3.82.